The van der Waals surface area contributed by atoms with Crippen LogP contribution in [0.3, 0.4) is 0 Å². The molecule has 2 rings (SSSR count). The Hall–Kier alpha value is -2.01. The van der Waals surface area contributed by atoms with Crippen LogP contribution in [-0.2, 0) is 6.54 Å². The van der Waals surface area contributed by atoms with Crippen molar-refractivity contribution in [2.45, 2.75) is 6.54 Å². The lowest BCUT2D eigenvalue weighted by Crippen LogP contribution is -2.27. The summed E-state index contributed by atoms with van der Waals surface area (Å²) in [6, 6.07) is 4.83. The highest BCUT2D eigenvalue weighted by Crippen LogP contribution is 2.18. The summed E-state index contributed by atoms with van der Waals surface area (Å²) in [6.07, 6.45) is 5.23. The number of nitrogens with zero attached hydrogens (tertiary/aromatic N) is 2. The fourth-order valence-electron chi connectivity index (χ4n) is 1.53. The van der Waals surface area contributed by atoms with Crippen LogP contribution in [0.5, 0.6) is 0 Å². The second kappa shape index (κ2) is 5.55. The Morgan fingerprint density at radius 1 is 1.50 bits per heavy atom. The van der Waals surface area contributed by atoms with Crippen molar-refractivity contribution in [1.82, 2.24) is 14.9 Å². The van der Waals surface area contributed by atoms with Crippen LogP contribution >= 0.6 is 11.6 Å². The predicted molar refractivity (Wildman–Crippen MR) is 70.4 cm³/mol. The third kappa shape index (κ3) is 3.01. The number of benzene rings is 1. The smallest absolute Gasteiger partial charge is 0.252 e. The molecule has 18 heavy (non-hydrogen) atoms. The predicted octanol–water partition coefficient (Wildman–Crippen LogP) is 1.55. The van der Waals surface area contributed by atoms with Gasteiger partial charge in [-0.3, -0.25) is 4.79 Å². The summed E-state index contributed by atoms with van der Waals surface area (Å²) in [6.45, 7) is 1.17. The molecule has 0 saturated carbocycles. The molecule has 1 aromatic carbocycles. The zero-order valence-electron chi connectivity index (χ0n) is 9.64. The van der Waals surface area contributed by atoms with Crippen LogP contribution in [0.25, 0.3) is 0 Å². The second-order valence-corrected chi connectivity index (χ2v) is 4.20. The summed E-state index contributed by atoms with van der Waals surface area (Å²) >= 11 is 5.95. The Labute approximate surface area is 110 Å². The molecule has 1 amide bonds. The highest BCUT2D eigenvalue weighted by Gasteiger charge is 2.09. The molecule has 0 radical (unpaired) electrons. The van der Waals surface area contributed by atoms with Crippen LogP contribution in [-0.4, -0.2) is 22.0 Å². The van der Waals surface area contributed by atoms with Gasteiger partial charge in [-0.15, -0.1) is 0 Å². The molecule has 0 fully saturated rings. The molecule has 5 nitrogen and oxygen atoms in total. The Morgan fingerprint density at radius 2 is 2.33 bits per heavy atom. The first kappa shape index (κ1) is 12.4. The van der Waals surface area contributed by atoms with Gasteiger partial charge in [0.15, 0.2) is 0 Å². The number of nitrogen functional groups attached to an aromatic ring is 1. The van der Waals surface area contributed by atoms with Gasteiger partial charge < -0.3 is 15.6 Å². The summed E-state index contributed by atoms with van der Waals surface area (Å²) in [5, 5.41) is 3.14. The number of anilines is 1. The summed E-state index contributed by atoms with van der Waals surface area (Å²) < 4.78 is 1.88. The van der Waals surface area contributed by atoms with Crippen LogP contribution < -0.4 is 11.1 Å². The molecule has 94 valence electrons. The van der Waals surface area contributed by atoms with E-state index in [1.54, 1.807) is 30.7 Å². The Morgan fingerprint density at radius 3 is 3.00 bits per heavy atom. The van der Waals surface area contributed by atoms with Gasteiger partial charge in [0, 0.05) is 31.2 Å². The van der Waals surface area contributed by atoms with E-state index in [0.717, 1.165) is 0 Å². The lowest BCUT2D eigenvalue weighted by atomic mass is 10.2. The molecule has 0 aliphatic rings. The summed E-state index contributed by atoms with van der Waals surface area (Å²) in [5.74, 6) is -0.208. The minimum atomic E-state index is -0.208. The van der Waals surface area contributed by atoms with E-state index in [9.17, 15) is 4.79 Å². The number of carbonyl (C=O) groups excluding carboxylic acids is 1. The van der Waals surface area contributed by atoms with Gasteiger partial charge in [-0.05, 0) is 18.2 Å². The first-order valence-corrected chi connectivity index (χ1v) is 5.83. The van der Waals surface area contributed by atoms with Gasteiger partial charge in [0.1, 0.15) is 0 Å². The van der Waals surface area contributed by atoms with Gasteiger partial charge in [-0.1, -0.05) is 11.6 Å². The van der Waals surface area contributed by atoms with E-state index in [1.807, 2.05) is 10.8 Å². The minimum absolute atomic E-state index is 0.208. The highest BCUT2D eigenvalue weighted by molar-refractivity contribution is 6.34. The Kier molecular flexibility index (Phi) is 3.84. The average molecular weight is 265 g/mol. The van der Waals surface area contributed by atoms with Crippen LogP contribution in [0.2, 0.25) is 5.02 Å². The molecule has 3 N–H and O–H groups in total. The van der Waals surface area contributed by atoms with Crippen LogP contribution in [0.1, 0.15) is 10.4 Å². The van der Waals surface area contributed by atoms with Crippen molar-refractivity contribution < 1.29 is 4.79 Å². The van der Waals surface area contributed by atoms with Crippen molar-refractivity contribution in [3.05, 3.63) is 47.5 Å². The quantitative estimate of drug-likeness (QED) is 0.823. The van der Waals surface area contributed by atoms with E-state index in [-0.39, 0.29) is 5.91 Å². The van der Waals surface area contributed by atoms with E-state index >= 15 is 0 Å². The largest absolute Gasteiger partial charge is 0.399 e. The van der Waals surface area contributed by atoms with Gasteiger partial charge in [0.05, 0.1) is 16.9 Å². The molecular weight excluding hydrogens is 252 g/mol. The molecule has 0 spiro atoms. The second-order valence-electron chi connectivity index (χ2n) is 3.80. The van der Waals surface area contributed by atoms with Crippen molar-refractivity contribution in [3.8, 4) is 0 Å². The van der Waals surface area contributed by atoms with Gasteiger partial charge in [-0.25, -0.2) is 4.98 Å². The van der Waals surface area contributed by atoms with Crippen molar-refractivity contribution in [1.29, 1.82) is 0 Å². The van der Waals surface area contributed by atoms with E-state index in [0.29, 0.717) is 29.4 Å². The topological polar surface area (TPSA) is 72.9 Å². The fourth-order valence-corrected chi connectivity index (χ4v) is 1.80. The molecule has 1 heterocycles. The molecule has 0 aliphatic carbocycles. The maximum absolute atomic E-state index is 11.8. The Balaban J connectivity index is 1.91. The molecule has 0 aliphatic heterocycles. The number of nitrogens with two attached hydrogens (primary N) is 1. The zero-order valence-corrected chi connectivity index (χ0v) is 10.4. The monoisotopic (exact) mass is 264 g/mol. The van der Waals surface area contributed by atoms with Crippen molar-refractivity contribution in [2.75, 3.05) is 12.3 Å². The zero-order chi connectivity index (χ0) is 13.0. The maximum atomic E-state index is 11.8. The molecule has 1 aromatic heterocycles. The number of aromatic nitrogens is 2. The number of hydrogen-bond donors (Lipinski definition) is 2. The maximum Gasteiger partial charge on any atom is 0.252 e. The highest BCUT2D eigenvalue weighted by atomic mass is 35.5. The number of amides is 1. The molecule has 2 aromatic rings. The molecule has 0 unspecified atom stereocenters. The summed E-state index contributed by atoms with van der Waals surface area (Å²) in [7, 11) is 0. The number of hydrogen-bond acceptors (Lipinski definition) is 3. The Bertz CT molecular complexity index is 539. The van der Waals surface area contributed by atoms with E-state index < -0.39 is 0 Å². The number of carbonyl (C=O) groups is 1. The number of halogens is 1. The first-order chi connectivity index (χ1) is 8.66. The molecular formula is C12H13ClN4O. The van der Waals surface area contributed by atoms with Crippen molar-refractivity contribution in [2.24, 2.45) is 0 Å². The van der Waals surface area contributed by atoms with E-state index in [1.165, 1.54) is 0 Å². The van der Waals surface area contributed by atoms with Gasteiger partial charge >= 0.3 is 0 Å². The first-order valence-electron chi connectivity index (χ1n) is 5.46. The van der Waals surface area contributed by atoms with Crippen LogP contribution in [0, 0.1) is 0 Å². The standard InChI is InChI=1S/C12H13ClN4O/c13-11-7-9(14)1-2-10(11)12(18)16-4-6-17-5-3-15-8-17/h1-3,5,7-8H,4,6,14H2,(H,16,18). The number of imidazole rings is 1. The van der Waals surface area contributed by atoms with E-state index in [2.05, 4.69) is 10.3 Å². The summed E-state index contributed by atoms with van der Waals surface area (Å²) in [4.78, 5) is 15.8. The van der Waals surface area contributed by atoms with Gasteiger partial charge in [-0.2, -0.15) is 0 Å². The van der Waals surface area contributed by atoms with Crippen LogP contribution in [0.15, 0.2) is 36.9 Å². The fraction of sp³-hybridized carbons (Fsp3) is 0.167. The molecule has 6 heteroatoms. The third-order valence-electron chi connectivity index (χ3n) is 2.45. The number of nitrogens with one attached hydrogen (secondary N) is 1. The van der Waals surface area contributed by atoms with Crippen LogP contribution in [0.4, 0.5) is 5.69 Å². The number of rotatable bonds is 4. The third-order valence-corrected chi connectivity index (χ3v) is 2.77. The van der Waals surface area contributed by atoms with Crippen molar-refractivity contribution >= 4 is 23.2 Å². The SMILES string of the molecule is Nc1ccc(C(=O)NCCn2ccnc2)c(Cl)c1. The average Bonchev–Trinajstić information content (AvgIpc) is 2.81. The van der Waals surface area contributed by atoms with Crippen molar-refractivity contribution in [3.63, 3.8) is 0 Å². The lowest BCUT2D eigenvalue weighted by Gasteiger charge is -2.07. The molecule has 0 atom stereocenters. The molecule has 0 bridgehead atoms. The van der Waals surface area contributed by atoms with Gasteiger partial charge in [0.2, 0.25) is 0 Å². The lowest BCUT2D eigenvalue weighted by molar-refractivity contribution is 0.0952. The summed E-state index contributed by atoms with van der Waals surface area (Å²) in [5.41, 5.74) is 6.53. The normalized spacial score (nSPS) is 10.3. The van der Waals surface area contributed by atoms with E-state index in [4.69, 9.17) is 17.3 Å². The minimum Gasteiger partial charge on any atom is -0.399 e. The van der Waals surface area contributed by atoms with Gasteiger partial charge in [0.25, 0.3) is 5.91 Å². The molecule has 0 saturated heterocycles.